The van der Waals surface area contributed by atoms with Gasteiger partial charge < -0.3 is 14.8 Å². The van der Waals surface area contributed by atoms with E-state index in [1.807, 2.05) is 42.5 Å². The lowest BCUT2D eigenvalue weighted by atomic mass is 10.1. The molecule has 2 heterocycles. The predicted octanol–water partition coefficient (Wildman–Crippen LogP) is 2.21. The van der Waals surface area contributed by atoms with Crippen molar-refractivity contribution in [2.24, 2.45) is 0 Å². The molecule has 0 unspecified atom stereocenters. The molecule has 8 nitrogen and oxygen atoms in total. The number of hydrogen-bond donors (Lipinski definition) is 1. The van der Waals surface area contributed by atoms with Crippen molar-refractivity contribution in [1.29, 1.82) is 0 Å². The second kappa shape index (κ2) is 8.92. The van der Waals surface area contributed by atoms with Crippen LogP contribution in [0.25, 0.3) is 5.78 Å². The van der Waals surface area contributed by atoms with Crippen LogP contribution in [0, 0.1) is 13.8 Å². The molecule has 0 aliphatic heterocycles. The van der Waals surface area contributed by atoms with Gasteiger partial charge in [0, 0.05) is 17.9 Å². The quantitative estimate of drug-likeness (QED) is 0.579. The molecule has 1 aromatic carbocycles. The van der Waals surface area contributed by atoms with E-state index in [0.717, 1.165) is 17.0 Å². The summed E-state index contributed by atoms with van der Waals surface area (Å²) in [5.41, 5.74) is 2.94. The zero-order chi connectivity index (χ0) is 20.1. The van der Waals surface area contributed by atoms with E-state index >= 15 is 0 Å². The van der Waals surface area contributed by atoms with Crippen molar-refractivity contribution < 1.29 is 14.3 Å². The first kappa shape index (κ1) is 19.9. The monoisotopic (exact) mass is 401 g/mol. The SMILES string of the molecule is COc1ccc(CCNC(=O)CSc2nnc3nc(C)cc(C)n23)cc1OC. The molecule has 0 radical (unpaired) electrons. The van der Waals surface area contributed by atoms with Gasteiger partial charge in [-0.1, -0.05) is 17.8 Å². The number of methoxy groups -OCH3 is 2. The zero-order valence-electron chi connectivity index (χ0n) is 16.4. The second-order valence-corrected chi connectivity index (χ2v) is 7.18. The number of nitrogens with zero attached hydrogens (tertiary/aromatic N) is 4. The van der Waals surface area contributed by atoms with Crippen molar-refractivity contribution in [2.75, 3.05) is 26.5 Å². The Kier molecular flexibility index (Phi) is 6.35. The van der Waals surface area contributed by atoms with Gasteiger partial charge in [0.2, 0.25) is 5.91 Å². The summed E-state index contributed by atoms with van der Waals surface area (Å²) in [4.78, 5) is 16.5. The third kappa shape index (κ3) is 4.53. The number of thioether (sulfide) groups is 1. The standard InChI is InChI=1S/C19H23N5O3S/c1-12-9-13(2)24-18(21-12)22-23-19(24)28-11-17(25)20-8-7-14-5-6-15(26-3)16(10-14)27-4/h5-6,9-10H,7-8,11H2,1-4H3,(H,20,25). The van der Waals surface area contributed by atoms with Crippen LogP contribution in [0.4, 0.5) is 0 Å². The molecule has 148 valence electrons. The summed E-state index contributed by atoms with van der Waals surface area (Å²) in [5, 5.41) is 11.8. The molecule has 0 aliphatic rings. The Morgan fingerprint density at radius 2 is 1.93 bits per heavy atom. The fourth-order valence-electron chi connectivity index (χ4n) is 2.86. The van der Waals surface area contributed by atoms with Gasteiger partial charge in [-0.05, 0) is 44.0 Å². The lowest BCUT2D eigenvalue weighted by molar-refractivity contribution is -0.118. The second-order valence-electron chi connectivity index (χ2n) is 6.23. The third-order valence-corrected chi connectivity index (χ3v) is 5.11. The average molecular weight is 401 g/mol. The minimum atomic E-state index is -0.0556. The van der Waals surface area contributed by atoms with Crippen LogP contribution >= 0.6 is 11.8 Å². The topological polar surface area (TPSA) is 90.6 Å². The molecular weight excluding hydrogens is 378 g/mol. The molecule has 3 rings (SSSR count). The largest absolute Gasteiger partial charge is 0.493 e. The number of ether oxygens (including phenoxy) is 2. The number of amides is 1. The van der Waals surface area contributed by atoms with E-state index < -0.39 is 0 Å². The van der Waals surface area contributed by atoms with Crippen LogP contribution in [0.2, 0.25) is 0 Å². The van der Waals surface area contributed by atoms with Crippen LogP contribution in [0.3, 0.4) is 0 Å². The van der Waals surface area contributed by atoms with Crippen molar-refractivity contribution in [3.8, 4) is 11.5 Å². The van der Waals surface area contributed by atoms with Gasteiger partial charge in [0.05, 0.1) is 20.0 Å². The van der Waals surface area contributed by atoms with Crippen LogP contribution in [0.1, 0.15) is 17.0 Å². The summed E-state index contributed by atoms with van der Waals surface area (Å²) in [7, 11) is 3.21. The Morgan fingerprint density at radius 3 is 2.68 bits per heavy atom. The molecule has 0 bridgehead atoms. The fourth-order valence-corrected chi connectivity index (χ4v) is 3.67. The number of carbonyl (C=O) groups excluding carboxylic acids is 1. The molecule has 28 heavy (non-hydrogen) atoms. The highest BCUT2D eigenvalue weighted by molar-refractivity contribution is 7.99. The number of nitrogens with one attached hydrogen (secondary N) is 1. The van der Waals surface area contributed by atoms with E-state index in [1.54, 1.807) is 14.2 Å². The van der Waals surface area contributed by atoms with Crippen molar-refractivity contribution in [3.05, 3.63) is 41.2 Å². The number of carbonyl (C=O) groups is 1. The van der Waals surface area contributed by atoms with Gasteiger partial charge in [-0.2, -0.15) is 0 Å². The first-order chi connectivity index (χ1) is 13.5. The van der Waals surface area contributed by atoms with Gasteiger partial charge in [0.1, 0.15) is 0 Å². The lowest BCUT2D eigenvalue weighted by Crippen LogP contribution is -2.27. The molecule has 0 spiro atoms. The number of benzene rings is 1. The number of fused-ring (bicyclic) bond motifs is 1. The van der Waals surface area contributed by atoms with Gasteiger partial charge in [-0.25, -0.2) is 4.98 Å². The van der Waals surface area contributed by atoms with E-state index in [0.29, 0.717) is 35.4 Å². The highest BCUT2D eigenvalue weighted by Crippen LogP contribution is 2.27. The Bertz CT molecular complexity index is 989. The molecule has 2 aromatic heterocycles. The number of rotatable bonds is 8. The van der Waals surface area contributed by atoms with Gasteiger partial charge >= 0.3 is 0 Å². The molecule has 0 aliphatic carbocycles. The Labute approximate surface area is 167 Å². The van der Waals surface area contributed by atoms with Gasteiger partial charge in [-0.3, -0.25) is 9.20 Å². The van der Waals surface area contributed by atoms with Crippen molar-refractivity contribution in [1.82, 2.24) is 24.9 Å². The number of hydrogen-bond acceptors (Lipinski definition) is 7. The zero-order valence-corrected chi connectivity index (χ0v) is 17.2. The Hall–Kier alpha value is -2.81. The fraction of sp³-hybridized carbons (Fsp3) is 0.368. The molecule has 3 aromatic rings. The molecule has 0 saturated carbocycles. The summed E-state index contributed by atoms with van der Waals surface area (Å²) in [6.45, 7) is 4.42. The van der Waals surface area contributed by atoms with Crippen molar-refractivity contribution in [3.63, 3.8) is 0 Å². The van der Waals surface area contributed by atoms with Crippen molar-refractivity contribution >= 4 is 23.4 Å². The summed E-state index contributed by atoms with van der Waals surface area (Å²) in [6.07, 6.45) is 0.701. The van der Waals surface area contributed by atoms with Crippen LogP contribution < -0.4 is 14.8 Å². The first-order valence-electron chi connectivity index (χ1n) is 8.81. The summed E-state index contributed by atoms with van der Waals surface area (Å²) < 4.78 is 12.4. The van der Waals surface area contributed by atoms with E-state index in [-0.39, 0.29) is 11.7 Å². The normalized spacial score (nSPS) is 10.9. The van der Waals surface area contributed by atoms with Gasteiger partial charge in [0.25, 0.3) is 5.78 Å². The Morgan fingerprint density at radius 1 is 1.14 bits per heavy atom. The first-order valence-corrected chi connectivity index (χ1v) is 9.80. The van der Waals surface area contributed by atoms with E-state index in [9.17, 15) is 4.79 Å². The smallest absolute Gasteiger partial charge is 0.256 e. The van der Waals surface area contributed by atoms with E-state index in [2.05, 4.69) is 20.5 Å². The minimum absolute atomic E-state index is 0.0556. The predicted molar refractivity (Wildman–Crippen MR) is 107 cm³/mol. The average Bonchev–Trinajstić information content (AvgIpc) is 3.09. The molecule has 0 saturated heterocycles. The molecule has 0 atom stereocenters. The van der Waals surface area contributed by atoms with Crippen LogP contribution in [-0.2, 0) is 11.2 Å². The molecule has 1 N–H and O–H groups in total. The maximum Gasteiger partial charge on any atom is 0.256 e. The highest BCUT2D eigenvalue weighted by atomic mass is 32.2. The van der Waals surface area contributed by atoms with Crippen LogP contribution in [0.15, 0.2) is 29.4 Å². The lowest BCUT2D eigenvalue weighted by Gasteiger charge is -2.10. The Balaban J connectivity index is 1.52. The summed E-state index contributed by atoms with van der Waals surface area (Å²) in [5.74, 6) is 2.13. The summed E-state index contributed by atoms with van der Waals surface area (Å²) >= 11 is 1.34. The highest BCUT2D eigenvalue weighted by Gasteiger charge is 2.12. The summed E-state index contributed by atoms with van der Waals surface area (Å²) in [6, 6.07) is 7.70. The van der Waals surface area contributed by atoms with Gasteiger partial charge in [0.15, 0.2) is 16.7 Å². The van der Waals surface area contributed by atoms with Crippen LogP contribution in [0.5, 0.6) is 11.5 Å². The minimum Gasteiger partial charge on any atom is -0.493 e. The third-order valence-electron chi connectivity index (χ3n) is 4.18. The number of aryl methyl sites for hydroxylation is 2. The maximum absolute atomic E-state index is 12.2. The molecule has 0 fully saturated rings. The van der Waals surface area contributed by atoms with Gasteiger partial charge in [-0.15, -0.1) is 10.2 Å². The number of aromatic nitrogens is 4. The maximum atomic E-state index is 12.2. The molecular formula is C19H23N5O3S. The van der Waals surface area contributed by atoms with Crippen LogP contribution in [-0.4, -0.2) is 52.0 Å². The molecule has 1 amide bonds. The molecule has 9 heteroatoms. The van der Waals surface area contributed by atoms with E-state index in [4.69, 9.17) is 9.47 Å². The van der Waals surface area contributed by atoms with Crippen molar-refractivity contribution in [2.45, 2.75) is 25.4 Å². The van der Waals surface area contributed by atoms with E-state index in [1.165, 1.54) is 11.8 Å².